The standard InChI is InChI=1S/C13H13ClN2O4S2/c1-3-16-10-5-4-9(14)6-11(10)21-13(16)15-12(18)7-22(19,20)8(2)17/h4-6H,3,7H2,1-2H3. The Morgan fingerprint density at radius 3 is 2.64 bits per heavy atom. The van der Waals surface area contributed by atoms with Crippen LogP contribution in [0.1, 0.15) is 13.8 Å². The Labute approximate surface area is 136 Å². The molecule has 1 aromatic heterocycles. The summed E-state index contributed by atoms with van der Waals surface area (Å²) in [6, 6.07) is 5.30. The Morgan fingerprint density at radius 2 is 2.05 bits per heavy atom. The van der Waals surface area contributed by atoms with E-state index in [1.165, 1.54) is 11.3 Å². The van der Waals surface area contributed by atoms with E-state index in [0.29, 0.717) is 16.4 Å². The summed E-state index contributed by atoms with van der Waals surface area (Å²) >= 11 is 7.17. The van der Waals surface area contributed by atoms with Crippen molar-refractivity contribution in [3.8, 4) is 0 Å². The zero-order chi connectivity index (χ0) is 16.5. The first-order chi connectivity index (χ1) is 10.2. The van der Waals surface area contributed by atoms with Crippen LogP contribution in [0.3, 0.4) is 0 Å². The summed E-state index contributed by atoms with van der Waals surface area (Å²) < 4.78 is 25.5. The third kappa shape index (κ3) is 3.45. The van der Waals surface area contributed by atoms with Crippen molar-refractivity contribution in [3.63, 3.8) is 0 Å². The number of aryl methyl sites for hydroxylation is 1. The second-order valence-electron chi connectivity index (χ2n) is 4.50. The van der Waals surface area contributed by atoms with Gasteiger partial charge in [0.1, 0.15) is 5.75 Å². The number of carbonyl (C=O) groups is 2. The second kappa shape index (κ2) is 6.31. The van der Waals surface area contributed by atoms with Crippen molar-refractivity contribution in [1.29, 1.82) is 0 Å². The summed E-state index contributed by atoms with van der Waals surface area (Å²) in [4.78, 5) is 27.0. The van der Waals surface area contributed by atoms with Gasteiger partial charge in [0.05, 0.1) is 10.2 Å². The molecule has 0 unspecified atom stereocenters. The highest BCUT2D eigenvalue weighted by Gasteiger charge is 2.21. The number of carbonyl (C=O) groups excluding carboxylic acids is 2. The second-order valence-corrected chi connectivity index (χ2v) is 8.04. The van der Waals surface area contributed by atoms with Crippen LogP contribution >= 0.6 is 22.9 Å². The molecule has 0 aliphatic rings. The lowest BCUT2D eigenvalue weighted by Gasteiger charge is -2.00. The fraction of sp³-hybridized carbons (Fsp3) is 0.308. The third-order valence-electron chi connectivity index (χ3n) is 2.93. The first-order valence-corrected chi connectivity index (χ1v) is 9.19. The minimum Gasteiger partial charge on any atom is -0.317 e. The minimum atomic E-state index is -4.08. The minimum absolute atomic E-state index is 0.378. The molecule has 0 spiro atoms. The van der Waals surface area contributed by atoms with Crippen LogP contribution in [0.15, 0.2) is 23.2 Å². The molecule has 1 heterocycles. The molecule has 1 aromatic carbocycles. The smallest absolute Gasteiger partial charge is 0.264 e. The maximum Gasteiger partial charge on any atom is 0.264 e. The number of fused-ring (bicyclic) bond motifs is 1. The summed E-state index contributed by atoms with van der Waals surface area (Å²) in [7, 11) is -4.08. The number of hydrogen-bond acceptors (Lipinski definition) is 5. The van der Waals surface area contributed by atoms with E-state index >= 15 is 0 Å². The van der Waals surface area contributed by atoms with E-state index in [-0.39, 0.29) is 0 Å². The van der Waals surface area contributed by atoms with Gasteiger partial charge in [0.15, 0.2) is 4.80 Å². The van der Waals surface area contributed by atoms with Gasteiger partial charge in [-0.3, -0.25) is 9.59 Å². The highest BCUT2D eigenvalue weighted by molar-refractivity contribution is 8.06. The van der Waals surface area contributed by atoms with Crippen LogP contribution in [-0.2, 0) is 26.0 Å². The van der Waals surface area contributed by atoms with Gasteiger partial charge in [-0.1, -0.05) is 22.9 Å². The van der Waals surface area contributed by atoms with E-state index < -0.39 is 26.6 Å². The van der Waals surface area contributed by atoms with Crippen LogP contribution in [0.25, 0.3) is 10.2 Å². The maximum absolute atomic E-state index is 11.8. The Bertz CT molecular complexity index is 925. The predicted octanol–water partition coefficient (Wildman–Crippen LogP) is 1.76. The zero-order valence-electron chi connectivity index (χ0n) is 11.9. The molecule has 0 aliphatic heterocycles. The number of aromatic nitrogens is 1. The lowest BCUT2D eigenvalue weighted by molar-refractivity contribution is -0.116. The first kappa shape index (κ1) is 16.9. The molecule has 0 saturated heterocycles. The SMILES string of the molecule is CCn1c(=NC(=O)CS(=O)(=O)C(C)=O)sc2cc(Cl)ccc21. The molecular formula is C13H13ClN2O4S2. The number of amides is 1. The van der Waals surface area contributed by atoms with E-state index in [2.05, 4.69) is 4.99 Å². The van der Waals surface area contributed by atoms with Crippen LogP contribution in [0.2, 0.25) is 5.02 Å². The van der Waals surface area contributed by atoms with Gasteiger partial charge in [0.25, 0.3) is 5.91 Å². The molecule has 9 heteroatoms. The molecule has 6 nitrogen and oxygen atoms in total. The number of benzene rings is 1. The molecule has 22 heavy (non-hydrogen) atoms. The van der Waals surface area contributed by atoms with Crippen molar-refractivity contribution < 1.29 is 18.0 Å². The average Bonchev–Trinajstić information content (AvgIpc) is 2.73. The molecule has 0 atom stereocenters. The van der Waals surface area contributed by atoms with Gasteiger partial charge >= 0.3 is 0 Å². The normalized spacial score (nSPS) is 12.8. The zero-order valence-corrected chi connectivity index (χ0v) is 14.3. The van der Waals surface area contributed by atoms with Gasteiger partial charge in [0, 0.05) is 18.5 Å². The molecule has 2 aromatic rings. The van der Waals surface area contributed by atoms with E-state index in [9.17, 15) is 18.0 Å². The summed E-state index contributed by atoms with van der Waals surface area (Å²) in [5, 5.41) is -0.475. The van der Waals surface area contributed by atoms with Crippen LogP contribution in [-0.4, -0.2) is 29.8 Å². The molecule has 0 bridgehead atoms. The largest absolute Gasteiger partial charge is 0.317 e. The Balaban J connectivity index is 2.50. The number of thiazole rings is 1. The van der Waals surface area contributed by atoms with Crippen molar-refractivity contribution in [1.82, 2.24) is 4.57 Å². The van der Waals surface area contributed by atoms with Gasteiger partial charge in [-0.05, 0) is 25.1 Å². The van der Waals surface area contributed by atoms with Crippen molar-refractivity contribution in [2.75, 3.05) is 5.75 Å². The summed E-state index contributed by atoms with van der Waals surface area (Å²) in [5.74, 6) is -1.78. The van der Waals surface area contributed by atoms with Gasteiger partial charge in [-0.25, -0.2) is 8.42 Å². The summed E-state index contributed by atoms with van der Waals surface area (Å²) in [5.41, 5.74) is 0.859. The average molecular weight is 361 g/mol. The Kier molecular flexibility index (Phi) is 4.84. The topological polar surface area (TPSA) is 85.6 Å². The molecule has 0 aliphatic carbocycles. The first-order valence-electron chi connectivity index (χ1n) is 6.34. The number of sulfone groups is 1. The fourth-order valence-electron chi connectivity index (χ4n) is 1.84. The molecular weight excluding hydrogens is 348 g/mol. The number of halogens is 1. The van der Waals surface area contributed by atoms with Gasteiger partial charge in [-0.15, -0.1) is 0 Å². The fourth-order valence-corrected chi connectivity index (χ4v) is 3.82. The highest BCUT2D eigenvalue weighted by Crippen LogP contribution is 2.21. The predicted molar refractivity (Wildman–Crippen MR) is 85.5 cm³/mol. The number of nitrogens with zero attached hydrogens (tertiary/aromatic N) is 2. The third-order valence-corrected chi connectivity index (χ3v) is 5.71. The summed E-state index contributed by atoms with van der Waals surface area (Å²) in [6.07, 6.45) is 0. The lowest BCUT2D eigenvalue weighted by atomic mass is 10.3. The Morgan fingerprint density at radius 1 is 1.36 bits per heavy atom. The van der Waals surface area contributed by atoms with Crippen LogP contribution in [0.4, 0.5) is 0 Å². The van der Waals surface area contributed by atoms with Crippen LogP contribution < -0.4 is 4.80 Å². The van der Waals surface area contributed by atoms with Gasteiger partial charge in [-0.2, -0.15) is 4.99 Å². The van der Waals surface area contributed by atoms with E-state index in [1.807, 2.05) is 13.0 Å². The van der Waals surface area contributed by atoms with E-state index in [4.69, 9.17) is 11.6 Å². The van der Waals surface area contributed by atoms with Crippen LogP contribution in [0, 0.1) is 0 Å². The maximum atomic E-state index is 11.8. The molecule has 1 amide bonds. The van der Waals surface area contributed by atoms with Crippen molar-refractivity contribution in [2.24, 2.45) is 4.99 Å². The number of hydrogen-bond donors (Lipinski definition) is 0. The van der Waals surface area contributed by atoms with Crippen molar-refractivity contribution in [3.05, 3.63) is 28.0 Å². The van der Waals surface area contributed by atoms with E-state index in [1.54, 1.807) is 16.7 Å². The van der Waals surface area contributed by atoms with Crippen molar-refractivity contribution in [2.45, 2.75) is 20.4 Å². The molecule has 2 rings (SSSR count). The molecule has 118 valence electrons. The van der Waals surface area contributed by atoms with Gasteiger partial charge < -0.3 is 4.57 Å². The highest BCUT2D eigenvalue weighted by atomic mass is 35.5. The lowest BCUT2D eigenvalue weighted by Crippen LogP contribution is -2.23. The number of rotatable bonds is 3. The monoisotopic (exact) mass is 360 g/mol. The summed E-state index contributed by atoms with van der Waals surface area (Å²) in [6.45, 7) is 3.36. The van der Waals surface area contributed by atoms with E-state index in [0.717, 1.165) is 17.1 Å². The van der Waals surface area contributed by atoms with Crippen LogP contribution in [0.5, 0.6) is 0 Å². The van der Waals surface area contributed by atoms with Gasteiger partial charge in [0.2, 0.25) is 15.0 Å². The quantitative estimate of drug-likeness (QED) is 0.834. The molecule has 0 N–H and O–H groups in total. The van der Waals surface area contributed by atoms with Crippen molar-refractivity contribution >= 4 is 54.0 Å². The molecule has 0 radical (unpaired) electrons. The molecule has 0 fully saturated rings. The molecule has 0 saturated carbocycles. The Hall–Kier alpha value is -1.51.